The minimum absolute atomic E-state index is 0.606. The Balaban J connectivity index is 1.79. The highest BCUT2D eigenvalue weighted by atomic mass is 79.9. The summed E-state index contributed by atoms with van der Waals surface area (Å²) in [6.07, 6.45) is 6.27. The van der Waals surface area contributed by atoms with Gasteiger partial charge in [0.1, 0.15) is 11.5 Å². The van der Waals surface area contributed by atoms with Crippen molar-refractivity contribution in [2.45, 2.75) is 25.8 Å². The minimum Gasteiger partial charge on any atom is -0.356 e. The maximum Gasteiger partial charge on any atom is 0.129 e. The van der Waals surface area contributed by atoms with Crippen molar-refractivity contribution in [2.24, 2.45) is 0 Å². The maximum absolute atomic E-state index is 4.86. The van der Waals surface area contributed by atoms with E-state index < -0.39 is 0 Å². The van der Waals surface area contributed by atoms with Crippen molar-refractivity contribution in [3.05, 3.63) is 40.5 Å². The molecule has 0 spiro atoms. The number of rotatable bonds is 4. The van der Waals surface area contributed by atoms with Gasteiger partial charge in [0.25, 0.3) is 0 Å². The molecule has 0 unspecified atom stereocenters. The van der Waals surface area contributed by atoms with E-state index in [1.54, 1.807) is 11.9 Å². The first kappa shape index (κ1) is 16.7. The Hall–Kier alpha value is -1.11. The fourth-order valence-corrected chi connectivity index (χ4v) is 3.78. The molecule has 0 atom stereocenters. The molecule has 0 amide bonds. The van der Waals surface area contributed by atoms with Crippen LogP contribution in [0.5, 0.6) is 0 Å². The first-order valence-corrected chi connectivity index (χ1v) is 9.82. The van der Waals surface area contributed by atoms with E-state index in [-0.39, 0.29) is 0 Å². The van der Waals surface area contributed by atoms with Crippen molar-refractivity contribution in [3.8, 4) is 11.4 Å². The molecule has 1 saturated heterocycles. The van der Waals surface area contributed by atoms with Gasteiger partial charge in [-0.25, -0.2) is 4.98 Å². The molecule has 0 bridgehead atoms. The van der Waals surface area contributed by atoms with Gasteiger partial charge in [0, 0.05) is 29.8 Å². The summed E-state index contributed by atoms with van der Waals surface area (Å²) >= 11 is 5.32. The second-order valence-corrected chi connectivity index (χ2v) is 7.30. The molecule has 0 radical (unpaired) electrons. The van der Waals surface area contributed by atoms with Gasteiger partial charge in [0.05, 0.1) is 5.69 Å². The van der Waals surface area contributed by atoms with Crippen LogP contribution in [0, 0.1) is 6.92 Å². The number of pyridine rings is 2. The van der Waals surface area contributed by atoms with Crippen molar-refractivity contribution < 1.29 is 0 Å². The zero-order chi connectivity index (χ0) is 16.2. The molecule has 0 aromatic carbocycles. The van der Waals surface area contributed by atoms with Crippen molar-refractivity contribution >= 4 is 33.7 Å². The van der Waals surface area contributed by atoms with E-state index in [0.29, 0.717) is 6.04 Å². The first-order valence-electron chi connectivity index (χ1n) is 7.80. The van der Waals surface area contributed by atoms with Crippen LogP contribution in [-0.4, -0.2) is 35.4 Å². The van der Waals surface area contributed by atoms with E-state index in [1.807, 2.05) is 19.2 Å². The number of nitrogens with one attached hydrogen (secondary N) is 1. The quantitative estimate of drug-likeness (QED) is 0.794. The molecule has 1 aliphatic heterocycles. The molecular weight excluding hydrogens is 372 g/mol. The van der Waals surface area contributed by atoms with E-state index in [4.69, 9.17) is 4.98 Å². The molecule has 6 heteroatoms. The second kappa shape index (κ2) is 7.64. The lowest BCUT2D eigenvalue weighted by Gasteiger charge is -2.33. The molecule has 1 aliphatic rings. The summed E-state index contributed by atoms with van der Waals surface area (Å²) in [5, 5.41) is 0. The van der Waals surface area contributed by atoms with Crippen LogP contribution in [0.1, 0.15) is 18.4 Å². The third-order valence-electron chi connectivity index (χ3n) is 4.09. The lowest BCUT2D eigenvalue weighted by Crippen LogP contribution is -2.40. The Morgan fingerprint density at radius 1 is 1.22 bits per heavy atom. The molecule has 1 fully saturated rings. The first-order chi connectivity index (χ1) is 11.2. The minimum atomic E-state index is 0.606. The van der Waals surface area contributed by atoms with Crippen molar-refractivity contribution in [2.75, 3.05) is 24.2 Å². The summed E-state index contributed by atoms with van der Waals surface area (Å²) in [4.78, 5) is 11.7. The normalized spacial score (nSPS) is 15.9. The van der Waals surface area contributed by atoms with Crippen LogP contribution in [0.4, 0.5) is 5.82 Å². The third kappa shape index (κ3) is 4.05. The molecule has 4 nitrogen and oxygen atoms in total. The number of aryl methyl sites for hydroxylation is 1. The van der Waals surface area contributed by atoms with Gasteiger partial charge < -0.3 is 4.90 Å². The molecule has 1 N–H and O–H groups in total. The van der Waals surface area contributed by atoms with Crippen LogP contribution in [0.25, 0.3) is 11.4 Å². The molecule has 3 rings (SSSR count). The number of hydrogen-bond donors (Lipinski definition) is 1. The SMILES string of the molecule is CSNC1CCN(c2ccc(Br)c(-c3ccc(C)cn3)n2)CC1. The lowest BCUT2D eigenvalue weighted by atomic mass is 10.1. The summed E-state index contributed by atoms with van der Waals surface area (Å²) in [5.41, 5.74) is 2.97. The number of halogens is 1. The van der Waals surface area contributed by atoms with Crippen LogP contribution in [-0.2, 0) is 0 Å². The van der Waals surface area contributed by atoms with Crippen molar-refractivity contribution in [1.29, 1.82) is 0 Å². The predicted molar refractivity (Wildman–Crippen MR) is 102 cm³/mol. The van der Waals surface area contributed by atoms with Crippen LogP contribution in [0.3, 0.4) is 0 Å². The highest BCUT2D eigenvalue weighted by Crippen LogP contribution is 2.29. The molecule has 2 aromatic heterocycles. The van der Waals surface area contributed by atoms with Gasteiger partial charge >= 0.3 is 0 Å². The van der Waals surface area contributed by atoms with E-state index in [9.17, 15) is 0 Å². The average Bonchev–Trinajstić information content (AvgIpc) is 2.57. The van der Waals surface area contributed by atoms with Crippen molar-refractivity contribution in [1.82, 2.24) is 14.7 Å². The van der Waals surface area contributed by atoms with Gasteiger partial charge in [0.15, 0.2) is 0 Å². The molecule has 3 heterocycles. The largest absolute Gasteiger partial charge is 0.356 e. The van der Waals surface area contributed by atoms with Crippen LogP contribution in [0.15, 0.2) is 34.9 Å². The Labute approximate surface area is 150 Å². The molecule has 2 aromatic rings. The van der Waals surface area contributed by atoms with Crippen LogP contribution >= 0.6 is 27.9 Å². The second-order valence-electron chi connectivity index (χ2n) is 5.80. The lowest BCUT2D eigenvalue weighted by molar-refractivity contribution is 0.477. The molecule has 122 valence electrons. The number of nitrogens with zero attached hydrogens (tertiary/aromatic N) is 3. The number of piperidine rings is 1. The summed E-state index contributed by atoms with van der Waals surface area (Å²) in [6, 6.07) is 8.87. The average molecular weight is 393 g/mol. The monoisotopic (exact) mass is 392 g/mol. The molecular formula is C17H21BrN4S. The Kier molecular flexibility index (Phi) is 5.56. The summed E-state index contributed by atoms with van der Waals surface area (Å²) < 4.78 is 4.44. The van der Waals surface area contributed by atoms with E-state index in [2.05, 4.69) is 55.0 Å². The van der Waals surface area contributed by atoms with Gasteiger partial charge in [-0.1, -0.05) is 18.0 Å². The summed E-state index contributed by atoms with van der Waals surface area (Å²) in [5.74, 6) is 1.04. The fourth-order valence-electron chi connectivity index (χ4n) is 2.79. The fraction of sp³-hybridized carbons (Fsp3) is 0.412. The Bertz CT molecular complexity index is 654. The zero-order valence-corrected chi connectivity index (χ0v) is 15.8. The van der Waals surface area contributed by atoms with E-state index in [1.165, 1.54) is 0 Å². The maximum atomic E-state index is 4.86. The van der Waals surface area contributed by atoms with E-state index in [0.717, 1.165) is 53.2 Å². The molecule has 23 heavy (non-hydrogen) atoms. The van der Waals surface area contributed by atoms with E-state index >= 15 is 0 Å². The smallest absolute Gasteiger partial charge is 0.129 e. The van der Waals surface area contributed by atoms with Crippen molar-refractivity contribution in [3.63, 3.8) is 0 Å². The Morgan fingerprint density at radius 3 is 2.65 bits per heavy atom. The van der Waals surface area contributed by atoms with Gasteiger partial charge in [-0.15, -0.1) is 0 Å². The summed E-state index contributed by atoms with van der Waals surface area (Å²) in [7, 11) is 0. The van der Waals surface area contributed by atoms with Crippen LogP contribution in [0.2, 0.25) is 0 Å². The number of aromatic nitrogens is 2. The molecule has 0 saturated carbocycles. The van der Waals surface area contributed by atoms with Crippen LogP contribution < -0.4 is 9.62 Å². The zero-order valence-electron chi connectivity index (χ0n) is 13.4. The summed E-state index contributed by atoms with van der Waals surface area (Å²) in [6.45, 7) is 4.11. The Morgan fingerprint density at radius 2 is 2.00 bits per heavy atom. The van der Waals surface area contributed by atoms with Gasteiger partial charge in [-0.3, -0.25) is 9.71 Å². The highest BCUT2D eigenvalue weighted by Gasteiger charge is 2.20. The van der Waals surface area contributed by atoms with Gasteiger partial charge in [-0.05, 0) is 65.7 Å². The molecule has 0 aliphatic carbocycles. The van der Waals surface area contributed by atoms with Gasteiger partial charge in [0.2, 0.25) is 0 Å². The highest BCUT2D eigenvalue weighted by molar-refractivity contribution is 9.10. The van der Waals surface area contributed by atoms with Gasteiger partial charge in [-0.2, -0.15) is 0 Å². The number of hydrogen-bond acceptors (Lipinski definition) is 5. The third-order valence-corrected chi connectivity index (χ3v) is 5.30. The predicted octanol–water partition coefficient (Wildman–Crippen LogP) is 4.05. The number of anilines is 1. The topological polar surface area (TPSA) is 41.0 Å². The standard InChI is InChI=1S/C17H21BrN4S/c1-12-3-5-15(19-11-12)17-14(18)4-6-16(20-17)22-9-7-13(8-10-22)21-23-2/h3-6,11,13,21H,7-10H2,1-2H3.